The van der Waals surface area contributed by atoms with Crippen molar-refractivity contribution in [1.29, 1.82) is 0 Å². The highest BCUT2D eigenvalue weighted by Gasteiger charge is 1.79. The van der Waals surface area contributed by atoms with Crippen molar-refractivity contribution in [2.75, 3.05) is 27.2 Å². The van der Waals surface area contributed by atoms with E-state index in [2.05, 4.69) is 4.90 Å². The van der Waals surface area contributed by atoms with Crippen LogP contribution in [0.1, 0.15) is 27.7 Å². The van der Waals surface area contributed by atoms with Crippen molar-refractivity contribution < 1.29 is 0 Å². The lowest BCUT2D eigenvalue weighted by atomic mass is 10.6. The molecule has 0 saturated heterocycles. The molecule has 0 rings (SSSR count). The molecule has 0 amide bonds. The van der Waals surface area contributed by atoms with Crippen LogP contribution >= 0.6 is 0 Å². The van der Waals surface area contributed by atoms with Gasteiger partial charge in [0.2, 0.25) is 0 Å². The molecule has 0 aliphatic carbocycles. The third kappa shape index (κ3) is 44.5. The van der Waals surface area contributed by atoms with Crippen LogP contribution < -0.4 is 5.73 Å². The Balaban J connectivity index is -0.000000105. The molecule has 0 fully saturated rings. The maximum atomic E-state index is 5.19. The zero-order chi connectivity index (χ0) is 8.99. The Bertz CT molecular complexity index is 28.4. The highest BCUT2D eigenvalue weighted by atomic mass is 15.1. The minimum atomic E-state index is 0.757. The van der Waals surface area contributed by atoms with Gasteiger partial charge in [-0.1, -0.05) is 27.7 Å². The maximum absolute atomic E-state index is 5.19. The Kier molecular flexibility index (Phi) is 38.1. The molecule has 0 radical (unpaired) electrons. The van der Waals surface area contributed by atoms with Crippen LogP contribution in [0.5, 0.6) is 0 Å². The van der Waals surface area contributed by atoms with Crippen LogP contribution in [0, 0.1) is 0 Å². The Morgan fingerprint density at radius 2 is 1.30 bits per heavy atom. The van der Waals surface area contributed by atoms with Gasteiger partial charge in [-0.2, -0.15) is 0 Å². The fourth-order valence-electron chi connectivity index (χ4n) is 0.258. The summed E-state index contributed by atoms with van der Waals surface area (Å²) in [6, 6.07) is 0. The predicted octanol–water partition coefficient (Wildman–Crippen LogP) is 1.56. The largest absolute Gasteiger partial charge is 0.329 e. The van der Waals surface area contributed by atoms with E-state index < -0.39 is 0 Å². The summed E-state index contributed by atoms with van der Waals surface area (Å²) in [4.78, 5) is 2.06. The van der Waals surface area contributed by atoms with Crippen molar-refractivity contribution in [2.24, 2.45) is 5.73 Å². The van der Waals surface area contributed by atoms with Gasteiger partial charge in [-0.25, -0.2) is 0 Å². The van der Waals surface area contributed by atoms with E-state index in [0.717, 1.165) is 13.1 Å². The summed E-state index contributed by atoms with van der Waals surface area (Å²) in [5, 5.41) is 0. The first-order chi connectivity index (χ1) is 4.77. The number of likely N-dealkylation sites (N-methyl/N-ethyl adjacent to an activating group) is 1. The van der Waals surface area contributed by atoms with Crippen LogP contribution in [-0.2, 0) is 0 Å². The van der Waals surface area contributed by atoms with Gasteiger partial charge in [-0.15, -0.1) is 0 Å². The fraction of sp³-hybridized carbons (Fsp3) is 1.00. The zero-order valence-electron chi connectivity index (χ0n) is 8.44. The van der Waals surface area contributed by atoms with E-state index in [1.165, 1.54) is 0 Å². The summed E-state index contributed by atoms with van der Waals surface area (Å²) in [5.41, 5.74) is 5.19. The van der Waals surface area contributed by atoms with Gasteiger partial charge in [-0.05, 0) is 14.1 Å². The normalized spacial score (nSPS) is 7.20. The molecule has 0 atom stereocenters. The van der Waals surface area contributed by atoms with Crippen molar-refractivity contribution in [2.45, 2.75) is 27.7 Å². The smallest absolute Gasteiger partial charge is 0.00985 e. The highest BCUT2D eigenvalue weighted by Crippen LogP contribution is 1.64. The van der Waals surface area contributed by atoms with E-state index in [9.17, 15) is 0 Å². The molecule has 0 aliphatic heterocycles. The van der Waals surface area contributed by atoms with Gasteiger partial charge in [0.1, 0.15) is 0 Å². The first kappa shape index (κ1) is 16.5. The zero-order valence-corrected chi connectivity index (χ0v) is 8.44. The molecule has 0 aromatic rings. The van der Waals surface area contributed by atoms with Crippen molar-refractivity contribution in [3.8, 4) is 0 Å². The van der Waals surface area contributed by atoms with Gasteiger partial charge in [0.15, 0.2) is 0 Å². The Morgan fingerprint density at radius 3 is 1.30 bits per heavy atom. The molecule has 0 aromatic heterocycles. The van der Waals surface area contributed by atoms with Crippen molar-refractivity contribution in [1.82, 2.24) is 4.90 Å². The van der Waals surface area contributed by atoms with Crippen molar-refractivity contribution >= 4 is 0 Å². The van der Waals surface area contributed by atoms with E-state index in [0.29, 0.717) is 0 Å². The van der Waals surface area contributed by atoms with Crippen LogP contribution in [0.4, 0.5) is 0 Å². The van der Waals surface area contributed by atoms with Crippen molar-refractivity contribution in [3.63, 3.8) is 0 Å². The summed E-state index contributed by atoms with van der Waals surface area (Å²) in [5.74, 6) is 0. The topological polar surface area (TPSA) is 29.3 Å². The van der Waals surface area contributed by atoms with Crippen LogP contribution in [0.15, 0.2) is 0 Å². The second-order valence-electron chi connectivity index (χ2n) is 1.59. The van der Waals surface area contributed by atoms with Gasteiger partial charge in [-0.3, -0.25) is 0 Å². The lowest BCUT2D eigenvalue weighted by molar-refractivity contribution is 0.420. The lowest BCUT2D eigenvalue weighted by Crippen LogP contribution is -2.20. The van der Waals surface area contributed by atoms with Crippen LogP contribution in [0.25, 0.3) is 0 Å². The van der Waals surface area contributed by atoms with Gasteiger partial charge < -0.3 is 10.6 Å². The molecule has 0 saturated carbocycles. The molecule has 66 valence electrons. The number of hydrogen-bond acceptors (Lipinski definition) is 2. The fourth-order valence-corrected chi connectivity index (χ4v) is 0.258. The first-order valence-electron chi connectivity index (χ1n) is 4.12. The standard InChI is InChI=1S/C4H12N2.2C2H6/c1-6(2)4-3-5;2*1-2/h3-5H2,1-2H3;2*1-2H3. The van der Waals surface area contributed by atoms with Gasteiger partial charge in [0, 0.05) is 13.1 Å². The molecular formula is C8H24N2. The first-order valence-corrected chi connectivity index (χ1v) is 4.12. The van der Waals surface area contributed by atoms with Gasteiger partial charge >= 0.3 is 0 Å². The molecule has 0 bridgehead atoms. The van der Waals surface area contributed by atoms with E-state index in [1.54, 1.807) is 0 Å². The summed E-state index contributed by atoms with van der Waals surface area (Å²) in [6.07, 6.45) is 0. The molecule has 0 heterocycles. The minimum absolute atomic E-state index is 0.757. The average Bonchev–Trinajstić information content (AvgIpc) is 1.96. The van der Waals surface area contributed by atoms with E-state index in [4.69, 9.17) is 5.73 Å². The third-order valence-corrected chi connectivity index (χ3v) is 0.576. The number of hydrogen-bond donors (Lipinski definition) is 1. The molecule has 0 unspecified atom stereocenters. The average molecular weight is 148 g/mol. The molecule has 0 spiro atoms. The van der Waals surface area contributed by atoms with E-state index in [-0.39, 0.29) is 0 Å². The second kappa shape index (κ2) is 23.1. The third-order valence-electron chi connectivity index (χ3n) is 0.576. The van der Waals surface area contributed by atoms with Crippen LogP contribution in [-0.4, -0.2) is 32.1 Å². The van der Waals surface area contributed by atoms with Gasteiger partial charge in [0.25, 0.3) is 0 Å². The molecule has 10 heavy (non-hydrogen) atoms. The van der Waals surface area contributed by atoms with E-state index >= 15 is 0 Å². The molecule has 2 N–H and O–H groups in total. The van der Waals surface area contributed by atoms with E-state index in [1.807, 2.05) is 41.8 Å². The minimum Gasteiger partial charge on any atom is -0.329 e. The summed E-state index contributed by atoms with van der Waals surface area (Å²) < 4.78 is 0. The molecular weight excluding hydrogens is 124 g/mol. The highest BCUT2D eigenvalue weighted by molar-refractivity contribution is 4.38. The number of nitrogens with two attached hydrogens (primary N) is 1. The molecule has 2 heteroatoms. The summed E-state index contributed by atoms with van der Waals surface area (Å²) >= 11 is 0. The van der Waals surface area contributed by atoms with Crippen molar-refractivity contribution in [3.05, 3.63) is 0 Å². The lowest BCUT2D eigenvalue weighted by Gasteiger charge is -2.03. The second-order valence-corrected chi connectivity index (χ2v) is 1.59. The molecule has 0 aromatic carbocycles. The SMILES string of the molecule is CC.CC.CN(C)CCN. The maximum Gasteiger partial charge on any atom is 0.00985 e. The Morgan fingerprint density at radius 1 is 1.00 bits per heavy atom. The summed E-state index contributed by atoms with van der Waals surface area (Å²) in [6.45, 7) is 9.74. The predicted molar refractivity (Wildman–Crippen MR) is 50.3 cm³/mol. The molecule has 0 aliphatic rings. The Labute approximate surface area is 66.4 Å². The van der Waals surface area contributed by atoms with Gasteiger partial charge in [0.05, 0.1) is 0 Å². The molecule has 2 nitrogen and oxygen atoms in total. The number of nitrogens with zero attached hydrogens (tertiary/aromatic N) is 1. The van der Waals surface area contributed by atoms with Crippen LogP contribution in [0.2, 0.25) is 0 Å². The quantitative estimate of drug-likeness (QED) is 0.644. The monoisotopic (exact) mass is 148 g/mol. The Hall–Kier alpha value is -0.0800. The van der Waals surface area contributed by atoms with Crippen LogP contribution in [0.3, 0.4) is 0 Å². The number of rotatable bonds is 2. The summed E-state index contributed by atoms with van der Waals surface area (Å²) in [7, 11) is 4.01.